The lowest BCUT2D eigenvalue weighted by molar-refractivity contribution is -0.118. The van der Waals surface area contributed by atoms with Crippen LogP contribution in [0, 0.1) is 6.92 Å². The van der Waals surface area contributed by atoms with Crippen LogP contribution in [0.1, 0.15) is 18.9 Å². The third kappa shape index (κ3) is 3.04. The standard InChI is InChI=1S/C14H16ClNO3S/c1-3-14(17)16(12-6-7-20(18,19)9-12)11-5-4-10(2)13(15)8-11/h4-8,12H,3,9H2,1-2H3/t12-/m0/s1. The molecule has 1 aromatic carbocycles. The van der Waals surface area contributed by atoms with Gasteiger partial charge in [-0.1, -0.05) is 24.6 Å². The molecule has 6 heteroatoms. The van der Waals surface area contributed by atoms with E-state index in [1.807, 2.05) is 13.0 Å². The maximum Gasteiger partial charge on any atom is 0.227 e. The number of carbonyl (C=O) groups excluding carboxylic acids is 1. The number of benzene rings is 1. The lowest BCUT2D eigenvalue weighted by atomic mass is 10.1. The van der Waals surface area contributed by atoms with Gasteiger partial charge in [0.1, 0.15) is 0 Å². The molecule has 0 fully saturated rings. The largest absolute Gasteiger partial charge is 0.304 e. The Morgan fingerprint density at radius 3 is 2.65 bits per heavy atom. The maximum atomic E-state index is 12.2. The van der Waals surface area contributed by atoms with Gasteiger partial charge in [-0.2, -0.15) is 0 Å². The summed E-state index contributed by atoms with van der Waals surface area (Å²) in [4.78, 5) is 13.7. The summed E-state index contributed by atoms with van der Waals surface area (Å²) >= 11 is 6.09. The van der Waals surface area contributed by atoms with Crippen molar-refractivity contribution in [2.75, 3.05) is 10.7 Å². The molecule has 4 nitrogen and oxygen atoms in total. The van der Waals surface area contributed by atoms with Gasteiger partial charge in [0.2, 0.25) is 5.91 Å². The summed E-state index contributed by atoms with van der Waals surface area (Å²) < 4.78 is 23.1. The number of rotatable bonds is 3. The van der Waals surface area contributed by atoms with Gasteiger partial charge in [0.05, 0.1) is 11.8 Å². The second-order valence-corrected chi connectivity index (χ2v) is 7.11. The highest BCUT2D eigenvalue weighted by Gasteiger charge is 2.30. The predicted molar refractivity (Wildman–Crippen MR) is 80.7 cm³/mol. The molecule has 2 rings (SSSR count). The smallest absolute Gasteiger partial charge is 0.227 e. The van der Waals surface area contributed by atoms with Gasteiger partial charge in [-0.25, -0.2) is 8.42 Å². The normalized spacial score (nSPS) is 20.1. The molecule has 0 N–H and O–H groups in total. The van der Waals surface area contributed by atoms with Crippen LogP contribution < -0.4 is 4.90 Å². The molecule has 1 aliphatic heterocycles. The van der Waals surface area contributed by atoms with Gasteiger partial charge in [0, 0.05) is 22.5 Å². The first-order valence-corrected chi connectivity index (χ1v) is 8.42. The van der Waals surface area contributed by atoms with Crippen LogP contribution in [0.3, 0.4) is 0 Å². The third-order valence-corrected chi connectivity index (χ3v) is 5.03. The number of hydrogen-bond acceptors (Lipinski definition) is 3. The molecular weight excluding hydrogens is 298 g/mol. The minimum atomic E-state index is -3.22. The van der Waals surface area contributed by atoms with Crippen molar-refractivity contribution in [1.82, 2.24) is 0 Å². The van der Waals surface area contributed by atoms with Crippen LogP contribution in [0.15, 0.2) is 29.7 Å². The molecule has 0 aromatic heterocycles. The van der Waals surface area contributed by atoms with Gasteiger partial charge >= 0.3 is 0 Å². The van der Waals surface area contributed by atoms with Crippen molar-refractivity contribution in [3.8, 4) is 0 Å². The van der Waals surface area contributed by atoms with E-state index in [1.54, 1.807) is 25.1 Å². The number of nitrogens with zero attached hydrogens (tertiary/aromatic N) is 1. The highest BCUT2D eigenvalue weighted by Crippen LogP contribution is 2.27. The maximum absolute atomic E-state index is 12.2. The van der Waals surface area contributed by atoms with Crippen LogP contribution in [0.5, 0.6) is 0 Å². The third-order valence-electron chi connectivity index (χ3n) is 3.25. The molecule has 0 bridgehead atoms. The molecule has 1 heterocycles. The quantitative estimate of drug-likeness (QED) is 0.862. The predicted octanol–water partition coefficient (Wildman–Crippen LogP) is 2.70. The lowest BCUT2D eigenvalue weighted by Crippen LogP contribution is -2.40. The fourth-order valence-corrected chi connectivity index (χ4v) is 3.59. The molecular formula is C14H16ClNO3S. The zero-order chi connectivity index (χ0) is 14.9. The summed E-state index contributed by atoms with van der Waals surface area (Å²) in [6.07, 6.45) is 1.85. The van der Waals surface area contributed by atoms with Crippen molar-refractivity contribution < 1.29 is 13.2 Å². The van der Waals surface area contributed by atoms with Crippen LogP contribution in [-0.2, 0) is 14.6 Å². The molecule has 0 aliphatic carbocycles. The van der Waals surface area contributed by atoms with Crippen molar-refractivity contribution in [1.29, 1.82) is 0 Å². The summed E-state index contributed by atoms with van der Waals surface area (Å²) in [7, 11) is -3.22. The molecule has 0 spiro atoms. The second kappa shape index (κ2) is 5.58. The Balaban J connectivity index is 2.41. The minimum Gasteiger partial charge on any atom is -0.304 e. The summed E-state index contributed by atoms with van der Waals surface area (Å²) in [6, 6.07) is 4.84. The Bertz CT molecular complexity index is 667. The van der Waals surface area contributed by atoms with Crippen LogP contribution in [0.4, 0.5) is 5.69 Å². The molecule has 0 saturated carbocycles. The Hall–Kier alpha value is -1.33. The van der Waals surface area contributed by atoms with Gasteiger partial charge < -0.3 is 4.90 Å². The molecule has 1 atom stereocenters. The van der Waals surface area contributed by atoms with E-state index in [0.29, 0.717) is 17.1 Å². The lowest BCUT2D eigenvalue weighted by Gasteiger charge is -2.27. The first kappa shape index (κ1) is 15.1. The first-order valence-electron chi connectivity index (χ1n) is 6.33. The molecule has 1 aliphatic rings. The first-order chi connectivity index (χ1) is 9.34. The van der Waals surface area contributed by atoms with E-state index < -0.39 is 15.9 Å². The van der Waals surface area contributed by atoms with Gasteiger partial charge in [0.15, 0.2) is 9.84 Å². The number of aryl methyl sites for hydroxylation is 1. The average Bonchev–Trinajstić information content (AvgIpc) is 2.74. The van der Waals surface area contributed by atoms with Crippen LogP contribution in [0.2, 0.25) is 5.02 Å². The summed E-state index contributed by atoms with van der Waals surface area (Å²) in [5, 5.41) is 1.73. The highest BCUT2D eigenvalue weighted by atomic mass is 35.5. The monoisotopic (exact) mass is 313 g/mol. The molecule has 0 unspecified atom stereocenters. The number of amides is 1. The Morgan fingerprint density at radius 1 is 1.45 bits per heavy atom. The summed E-state index contributed by atoms with van der Waals surface area (Å²) in [6.45, 7) is 3.62. The molecule has 1 aromatic rings. The van der Waals surface area contributed by atoms with Gasteiger partial charge in [0.25, 0.3) is 0 Å². The van der Waals surface area contributed by atoms with E-state index in [1.165, 1.54) is 10.3 Å². The minimum absolute atomic E-state index is 0.0791. The highest BCUT2D eigenvalue weighted by molar-refractivity contribution is 7.94. The van der Waals surface area contributed by atoms with E-state index >= 15 is 0 Å². The number of anilines is 1. The zero-order valence-electron chi connectivity index (χ0n) is 11.3. The van der Waals surface area contributed by atoms with Gasteiger partial charge in [-0.05, 0) is 30.7 Å². The average molecular weight is 314 g/mol. The molecule has 1 amide bonds. The van der Waals surface area contributed by atoms with Crippen molar-refractivity contribution in [3.05, 3.63) is 40.3 Å². The molecule has 108 valence electrons. The van der Waals surface area contributed by atoms with E-state index in [-0.39, 0.29) is 11.7 Å². The van der Waals surface area contributed by atoms with Crippen LogP contribution in [0.25, 0.3) is 0 Å². The second-order valence-electron chi connectivity index (χ2n) is 4.78. The number of sulfone groups is 1. The van der Waals surface area contributed by atoms with Gasteiger partial charge in [-0.15, -0.1) is 0 Å². The van der Waals surface area contributed by atoms with Crippen LogP contribution in [-0.4, -0.2) is 26.1 Å². The van der Waals surface area contributed by atoms with E-state index in [0.717, 1.165) is 5.56 Å². The zero-order valence-corrected chi connectivity index (χ0v) is 12.9. The van der Waals surface area contributed by atoms with Gasteiger partial charge in [-0.3, -0.25) is 4.79 Å². The topological polar surface area (TPSA) is 54.5 Å². The number of carbonyl (C=O) groups is 1. The SMILES string of the molecule is CCC(=O)N(c1ccc(C)c(Cl)c1)[C@H]1C=CS(=O)(=O)C1. The summed E-state index contributed by atoms with van der Waals surface area (Å²) in [5.41, 5.74) is 1.54. The Labute approximate surface area is 124 Å². The Morgan fingerprint density at radius 2 is 2.15 bits per heavy atom. The van der Waals surface area contributed by atoms with E-state index in [2.05, 4.69) is 0 Å². The fraction of sp³-hybridized carbons (Fsp3) is 0.357. The molecule has 0 radical (unpaired) electrons. The fourth-order valence-electron chi connectivity index (χ4n) is 2.14. The van der Waals surface area contributed by atoms with E-state index in [9.17, 15) is 13.2 Å². The van der Waals surface area contributed by atoms with Crippen LogP contribution >= 0.6 is 11.6 Å². The van der Waals surface area contributed by atoms with Crippen molar-refractivity contribution in [2.45, 2.75) is 26.3 Å². The van der Waals surface area contributed by atoms with Crippen molar-refractivity contribution in [2.24, 2.45) is 0 Å². The number of hydrogen-bond donors (Lipinski definition) is 0. The summed E-state index contributed by atoms with van der Waals surface area (Å²) in [5.74, 6) is -0.207. The molecule has 20 heavy (non-hydrogen) atoms. The Kier molecular flexibility index (Phi) is 4.20. The van der Waals surface area contributed by atoms with E-state index in [4.69, 9.17) is 11.6 Å². The van der Waals surface area contributed by atoms with Crippen molar-refractivity contribution in [3.63, 3.8) is 0 Å². The molecule has 0 saturated heterocycles. The number of halogens is 1. The van der Waals surface area contributed by atoms with Crippen molar-refractivity contribution >= 4 is 33.0 Å².